The molecule has 1 aliphatic rings. The molecule has 7 nitrogen and oxygen atoms in total. The Kier molecular flexibility index (Phi) is 7.03. The van der Waals surface area contributed by atoms with Crippen molar-refractivity contribution in [3.8, 4) is 29.1 Å². The number of rotatable bonds is 7. The molecular weight excluding hydrogens is 398 g/mol. The predicted molar refractivity (Wildman–Crippen MR) is 115 cm³/mol. The standard InChI is InChI=1S/C24H25NO6/c1-4-5-17(13-23(26)27)16-6-9-19(10-7-16)29-14-20-15-30-21-11-8-18(12-22(21)31-20)24(28)25(2)3/h6-12,17,20H,13-15H2,1-3H3,(H,26,27)/t17-,20-/m0/s1. The highest BCUT2D eigenvalue weighted by Crippen LogP contribution is 2.33. The number of benzene rings is 2. The largest absolute Gasteiger partial charge is 0.490 e. The molecule has 1 N–H and O–H groups in total. The molecule has 162 valence electrons. The van der Waals surface area contributed by atoms with Gasteiger partial charge in [-0.05, 0) is 42.8 Å². The van der Waals surface area contributed by atoms with Crippen LogP contribution < -0.4 is 14.2 Å². The first kappa shape index (κ1) is 22.0. The van der Waals surface area contributed by atoms with Crippen LogP contribution in [-0.4, -0.2) is 55.3 Å². The SMILES string of the molecule is CC#C[C@@H](CC(=O)O)c1ccc(OC[C@H]2COc3ccc(C(=O)N(C)C)cc3O2)cc1. The first-order chi connectivity index (χ1) is 14.9. The Morgan fingerprint density at radius 1 is 1.19 bits per heavy atom. The first-order valence-corrected chi connectivity index (χ1v) is 9.89. The van der Waals surface area contributed by atoms with E-state index >= 15 is 0 Å². The molecule has 31 heavy (non-hydrogen) atoms. The van der Waals surface area contributed by atoms with Gasteiger partial charge in [0.05, 0.1) is 12.3 Å². The van der Waals surface area contributed by atoms with E-state index in [4.69, 9.17) is 19.3 Å². The first-order valence-electron chi connectivity index (χ1n) is 9.89. The third-order valence-electron chi connectivity index (χ3n) is 4.73. The van der Waals surface area contributed by atoms with Gasteiger partial charge in [-0.15, -0.1) is 5.92 Å². The summed E-state index contributed by atoms with van der Waals surface area (Å²) in [6.45, 7) is 2.28. The minimum Gasteiger partial charge on any atom is -0.490 e. The van der Waals surface area contributed by atoms with Crippen molar-refractivity contribution in [1.82, 2.24) is 4.90 Å². The zero-order valence-corrected chi connectivity index (χ0v) is 17.8. The molecule has 2 aromatic rings. The molecule has 0 saturated heterocycles. The fourth-order valence-electron chi connectivity index (χ4n) is 3.18. The maximum Gasteiger partial charge on any atom is 0.304 e. The van der Waals surface area contributed by atoms with E-state index in [0.717, 1.165) is 5.56 Å². The summed E-state index contributed by atoms with van der Waals surface area (Å²) in [4.78, 5) is 24.7. The van der Waals surface area contributed by atoms with Gasteiger partial charge >= 0.3 is 5.97 Å². The second-order valence-corrected chi connectivity index (χ2v) is 7.34. The van der Waals surface area contributed by atoms with E-state index in [9.17, 15) is 9.59 Å². The summed E-state index contributed by atoms with van der Waals surface area (Å²) in [7, 11) is 3.39. The van der Waals surface area contributed by atoms with Crippen molar-refractivity contribution in [1.29, 1.82) is 0 Å². The van der Waals surface area contributed by atoms with Crippen LogP contribution in [0.4, 0.5) is 0 Å². The molecule has 1 aliphatic heterocycles. The molecule has 0 spiro atoms. The molecule has 0 bridgehead atoms. The van der Waals surface area contributed by atoms with Gasteiger partial charge in [0, 0.05) is 19.7 Å². The van der Waals surface area contributed by atoms with Crippen molar-refractivity contribution in [2.75, 3.05) is 27.3 Å². The second-order valence-electron chi connectivity index (χ2n) is 7.34. The number of fused-ring (bicyclic) bond motifs is 1. The maximum atomic E-state index is 12.2. The van der Waals surface area contributed by atoms with Gasteiger partial charge in [0.25, 0.3) is 5.91 Å². The van der Waals surface area contributed by atoms with Gasteiger partial charge in [-0.1, -0.05) is 18.1 Å². The number of aliphatic carboxylic acids is 1. The molecule has 1 amide bonds. The second kappa shape index (κ2) is 9.90. The molecule has 0 aromatic heterocycles. The molecule has 0 aliphatic carbocycles. The topological polar surface area (TPSA) is 85.3 Å². The van der Waals surface area contributed by atoms with Gasteiger partial charge in [0.2, 0.25) is 0 Å². The lowest BCUT2D eigenvalue weighted by Crippen LogP contribution is -2.34. The molecule has 0 unspecified atom stereocenters. The summed E-state index contributed by atoms with van der Waals surface area (Å²) in [6.07, 6.45) is -0.381. The molecule has 7 heteroatoms. The monoisotopic (exact) mass is 423 g/mol. The third kappa shape index (κ3) is 5.70. The van der Waals surface area contributed by atoms with Crippen LogP contribution in [0.5, 0.6) is 17.2 Å². The highest BCUT2D eigenvalue weighted by Gasteiger charge is 2.23. The highest BCUT2D eigenvalue weighted by molar-refractivity contribution is 5.94. The van der Waals surface area contributed by atoms with Crippen LogP contribution in [0.1, 0.15) is 35.2 Å². The zero-order valence-electron chi connectivity index (χ0n) is 17.8. The van der Waals surface area contributed by atoms with Crippen LogP contribution in [0.15, 0.2) is 42.5 Å². The summed E-state index contributed by atoms with van der Waals surface area (Å²) < 4.78 is 17.5. The lowest BCUT2D eigenvalue weighted by molar-refractivity contribution is -0.137. The Balaban J connectivity index is 1.61. The number of carbonyl (C=O) groups excluding carboxylic acids is 1. The normalized spacial score (nSPS) is 15.3. The average molecular weight is 423 g/mol. The lowest BCUT2D eigenvalue weighted by atomic mass is 9.96. The number of carboxylic acid groups (broad SMARTS) is 1. The quantitative estimate of drug-likeness (QED) is 0.689. The zero-order chi connectivity index (χ0) is 22.4. The number of carbonyl (C=O) groups is 2. The van der Waals surface area contributed by atoms with Crippen LogP contribution in [0.3, 0.4) is 0 Å². The van der Waals surface area contributed by atoms with E-state index in [1.54, 1.807) is 51.4 Å². The van der Waals surface area contributed by atoms with Gasteiger partial charge in [-0.2, -0.15) is 0 Å². The van der Waals surface area contributed by atoms with Crippen LogP contribution in [0, 0.1) is 11.8 Å². The number of hydrogen-bond donors (Lipinski definition) is 1. The molecular formula is C24H25NO6. The average Bonchev–Trinajstić information content (AvgIpc) is 2.76. The van der Waals surface area contributed by atoms with Crippen molar-refractivity contribution in [2.24, 2.45) is 0 Å². The van der Waals surface area contributed by atoms with Crippen LogP contribution in [0.2, 0.25) is 0 Å². The van der Waals surface area contributed by atoms with E-state index in [2.05, 4.69) is 11.8 Å². The Bertz CT molecular complexity index is 1000. The highest BCUT2D eigenvalue weighted by atomic mass is 16.6. The molecule has 2 atom stereocenters. The van der Waals surface area contributed by atoms with E-state index in [1.807, 2.05) is 12.1 Å². The fourth-order valence-corrected chi connectivity index (χ4v) is 3.18. The summed E-state index contributed by atoms with van der Waals surface area (Å²) in [6, 6.07) is 12.3. The van der Waals surface area contributed by atoms with Gasteiger partial charge in [-0.25, -0.2) is 0 Å². The Morgan fingerprint density at radius 2 is 1.94 bits per heavy atom. The molecule has 2 aromatic carbocycles. The summed E-state index contributed by atoms with van der Waals surface area (Å²) in [5.74, 6) is 6.09. The number of hydrogen-bond acceptors (Lipinski definition) is 5. The van der Waals surface area contributed by atoms with Crippen molar-refractivity contribution in [3.63, 3.8) is 0 Å². The summed E-state index contributed by atoms with van der Waals surface area (Å²) in [5, 5.41) is 9.06. The predicted octanol–water partition coefficient (Wildman–Crippen LogP) is 3.19. The van der Waals surface area contributed by atoms with Gasteiger partial charge in [0.15, 0.2) is 17.6 Å². The summed E-state index contributed by atoms with van der Waals surface area (Å²) in [5.41, 5.74) is 1.35. The molecule has 0 fully saturated rings. The minimum absolute atomic E-state index is 0.0496. The van der Waals surface area contributed by atoms with Crippen LogP contribution in [0.25, 0.3) is 0 Å². The van der Waals surface area contributed by atoms with E-state index < -0.39 is 5.97 Å². The van der Waals surface area contributed by atoms with E-state index in [-0.39, 0.29) is 31.0 Å². The fraction of sp³-hybridized carbons (Fsp3) is 0.333. The Labute approximate surface area is 181 Å². The number of amides is 1. The maximum absolute atomic E-state index is 12.2. The van der Waals surface area contributed by atoms with E-state index in [0.29, 0.717) is 29.4 Å². The van der Waals surface area contributed by atoms with Crippen LogP contribution >= 0.6 is 0 Å². The van der Waals surface area contributed by atoms with Gasteiger partial charge in [-0.3, -0.25) is 9.59 Å². The van der Waals surface area contributed by atoms with Crippen molar-refractivity contribution < 1.29 is 28.9 Å². The molecule has 3 rings (SSSR count). The van der Waals surface area contributed by atoms with Gasteiger partial charge in [0.1, 0.15) is 19.0 Å². The van der Waals surface area contributed by atoms with Gasteiger partial charge < -0.3 is 24.2 Å². The number of carboxylic acids is 1. The Hall–Kier alpha value is -3.66. The third-order valence-corrected chi connectivity index (χ3v) is 4.73. The molecule has 0 radical (unpaired) electrons. The van der Waals surface area contributed by atoms with Crippen molar-refractivity contribution >= 4 is 11.9 Å². The number of nitrogens with zero attached hydrogens (tertiary/aromatic N) is 1. The van der Waals surface area contributed by atoms with E-state index in [1.165, 1.54) is 4.90 Å². The minimum atomic E-state index is -0.891. The van der Waals surface area contributed by atoms with Crippen molar-refractivity contribution in [2.45, 2.75) is 25.4 Å². The molecule has 1 heterocycles. The lowest BCUT2D eigenvalue weighted by Gasteiger charge is -2.27. The van der Waals surface area contributed by atoms with Crippen LogP contribution in [-0.2, 0) is 4.79 Å². The molecule has 0 saturated carbocycles. The smallest absolute Gasteiger partial charge is 0.304 e. The van der Waals surface area contributed by atoms with Crippen molar-refractivity contribution in [3.05, 3.63) is 53.6 Å². The number of ether oxygens (including phenoxy) is 3. The Morgan fingerprint density at radius 3 is 2.58 bits per heavy atom. The summed E-state index contributed by atoms with van der Waals surface area (Å²) >= 11 is 0.